The summed E-state index contributed by atoms with van der Waals surface area (Å²) in [5.41, 5.74) is 3.57. The van der Waals surface area contributed by atoms with Crippen LogP contribution in [0.4, 0.5) is 0 Å². The number of aromatic nitrogens is 1. The van der Waals surface area contributed by atoms with Crippen molar-refractivity contribution in [2.75, 3.05) is 0 Å². The molecule has 0 bridgehead atoms. The zero-order valence-electron chi connectivity index (χ0n) is 10.1. The van der Waals surface area contributed by atoms with Gasteiger partial charge in [0.05, 0.1) is 11.3 Å². The molecule has 0 spiro atoms. The van der Waals surface area contributed by atoms with E-state index in [1.165, 1.54) is 0 Å². The maximum absolute atomic E-state index is 9.07. The van der Waals surface area contributed by atoms with Crippen LogP contribution >= 0.6 is 0 Å². The highest BCUT2D eigenvalue weighted by atomic mass is 14.8. The molecule has 5 nitrogen and oxygen atoms in total. The van der Waals surface area contributed by atoms with Crippen LogP contribution in [0, 0.1) is 34.1 Å². The number of pyridine rings is 1. The Morgan fingerprint density at radius 1 is 0.950 bits per heavy atom. The topological polar surface area (TPSA) is 96.6 Å². The second kappa shape index (κ2) is 4.31. The molecule has 0 radical (unpaired) electrons. The molecular formula is C15H5N5. The van der Waals surface area contributed by atoms with Crippen molar-refractivity contribution >= 4 is 5.71 Å². The van der Waals surface area contributed by atoms with E-state index < -0.39 is 0 Å². The van der Waals surface area contributed by atoms with Crippen molar-refractivity contribution in [1.29, 1.82) is 15.8 Å². The van der Waals surface area contributed by atoms with E-state index in [4.69, 9.17) is 15.8 Å². The van der Waals surface area contributed by atoms with Crippen molar-refractivity contribution < 1.29 is 0 Å². The third-order valence-corrected chi connectivity index (χ3v) is 3.11. The average Bonchev–Trinajstić information content (AvgIpc) is 2.80. The van der Waals surface area contributed by atoms with Gasteiger partial charge < -0.3 is 0 Å². The van der Waals surface area contributed by atoms with Crippen LogP contribution in [0.1, 0.15) is 22.5 Å². The lowest BCUT2D eigenvalue weighted by atomic mass is 10.1. The summed E-state index contributed by atoms with van der Waals surface area (Å²) in [5.74, 6) is 0. The molecule has 1 aliphatic rings. The predicted octanol–water partition coefficient (Wildman–Crippen LogP) is 2.12. The molecule has 0 aliphatic heterocycles. The van der Waals surface area contributed by atoms with Crippen LogP contribution in [-0.4, -0.2) is 10.7 Å². The van der Waals surface area contributed by atoms with Gasteiger partial charge in [0.15, 0.2) is 5.69 Å². The summed E-state index contributed by atoms with van der Waals surface area (Å²) in [7, 11) is 0. The molecule has 1 aromatic carbocycles. The summed E-state index contributed by atoms with van der Waals surface area (Å²) < 4.78 is 0. The molecule has 5 heteroatoms. The second-order valence-corrected chi connectivity index (χ2v) is 4.11. The molecule has 0 saturated heterocycles. The third-order valence-electron chi connectivity index (χ3n) is 3.11. The Kier molecular flexibility index (Phi) is 2.50. The van der Waals surface area contributed by atoms with Crippen LogP contribution < -0.4 is 0 Å². The van der Waals surface area contributed by atoms with E-state index in [1.807, 2.05) is 36.4 Å². The maximum Gasteiger partial charge on any atom is 0.206 e. The van der Waals surface area contributed by atoms with Gasteiger partial charge >= 0.3 is 0 Å². The van der Waals surface area contributed by atoms with Gasteiger partial charge in [-0.2, -0.15) is 20.8 Å². The predicted molar refractivity (Wildman–Crippen MR) is 70.4 cm³/mol. The Hall–Kier alpha value is -3.49. The molecule has 1 aromatic heterocycles. The summed E-state index contributed by atoms with van der Waals surface area (Å²) in [5, 5.41) is 26.9. The fourth-order valence-corrected chi connectivity index (χ4v) is 2.28. The van der Waals surface area contributed by atoms with Crippen LogP contribution in [0.3, 0.4) is 0 Å². The van der Waals surface area contributed by atoms with E-state index in [2.05, 4.69) is 9.98 Å². The zero-order valence-corrected chi connectivity index (χ0v) is 10.1. The molecule has 1 heterocycles. The monoisotopic (exact) mass is 255 g/mol. The number of hydrogen-bond acceptors (Lipinski definition) is 5. The summed E-state index contributed by atoms with van der Waals surface area (Å²) in [6.07, 6.45) is 1.76. The first-order chi connectivity index (χ1) is 9.80. The van der Waals surface area contributed by atoms with Gasteiger partial charge in [-0.05, 0) is 11.6 Å². The molecule has 0 atom stereocenters. The molecule has 3 rings (SSSR count). The molecule has 0 saturated carbocycles. The Labute approximate surface area is 114 Å². The minimum atomic E-state index is 0.0460. The maximum atomic E-state index is 9.07. The average molecular weight is 255 g/mol. The third kappa shape index (κ3) is 1.47. The van der Waals surface area contributed by atoms with Crippen molar-refractivity contribution in [3.05, 3.63) is 52.8 Å². The van der Waals surface area contributed by atoms with E-state index in [-0.39, 0.29) is 11.3 Å². The van der Waals surface area contributed by atoms with Crippen LogP contribution in [0.25, 0.3) is 11.1 Å². The molecule has 0 amide bonds. The highest BCUT2D eigenvalue weighted by Crippen LogP contribution is 2.36. The SMILES string of the molecule is N#C/N=C1\c2ccccc2-c2cc(C#N)c(C#N)nc21. The van der Waals surface area contributed by atoms with Gasteiger partial charge in [-0.3, -0.25) is 0 Å². The van der Waals surface area contributed by atoms with Gasteiger partial charge in [-0.25, -0.2) is 4.98 Å². The zero-order chi connectivity index (χ0) is 14.1. The van der Waals surface area contributed by atoms with E-state index in [0.29, 0.717) is 11.4 Å². The summed E-state index contributed by atoms with van der Waals surface area (Å²) in [4.78, 5) is 8.00. The quantitative estimate of drug-likeness (QED) is 0.574. The lowest BCUT2D eigenvalue weighted by molar-refractivity contribution is 1.23. The Bertz CT molecular complexity index is 888. The van der Waals surface area contributed by atoms with Crippen molar-refractivity contribution in [2.45, 2.75) is 0 Å². The van der Waals surface area contributed by atoms with Crippen LogP contribution in [0.2, 0.25) is 0 Å². The van der Waals surface area contributed by atoms with Crippen molar-refractivity contribution in [3.8, 4) is 29.5 Å². The Morgan fingerprint density at radius 3 is 2.35 bits per heavy atom. The first-order valence-electron chi connectivity index (χ1n) is 5.72. The second-order valence-electron chi connectivity index (χ2n) is 4.11. The standard InChI is InChI=1S/C15H5N5/c16-6-9-5-12-10-3-1-2-4-11(10)14(19-8-18)15(12)20-13(9)7-17/h1-5H/b19-14+. The van der Waals surface area contributed by atoms with E-state index in [0.717, 1.165) is 16.7 Å². The van der Waals surface area contributed by atoms with Crippen molar-refractivity contribution in [3.63, 3.8) is 0 Å². The smallest absolute Gasteiger partial charge is 0.206 e. The van der Waals surface area contributed by atoms with Gasteiger partial charge in [0.1, 0.15) is 17.9 Å². The fraction of sp³-hybridized carbons (Fsp3) is 0. The number of rotatable bonds is 0. The highest BCUT2D eigenvalue weighted by Gasteiger charge is 2.27. The Balaban J connectivity index is 2.41. The summed E-state index contributed by atoms with van der Waals surface area (Å²) >= 11 is 0. The molecule has 20 heavy (non-hydrogen) atoms. The Morgan fingerprint density at radius 2 is 1.70 bits per heavy atom. The number of benzene rings is 1. The van der Waals surface area contributed by atoms with Crippen LogP contribution in [0.5, 0.6) is 0 Å². The van der Waals surface area contributed by atoms with Gasteiger partial charge in [0.25, 0.3) is 0 Å². The fourth-order valence-electron chi connectivity index (χ4n) is 2.28. The molecular weight excluding hydrogens is 250 g/mol. The number of hydrogen-bond donors (Lipinski definition) is 0. The molecule has 0 unspecified atom stereocenters. The first kappa shape index (κ1) is 11.6. The van der Waals surface area contributed by atoms with Gasteiger partial charge in [0, 0.05) is 11.1 Å². The van der Waals surface area contributed by atoms with Gasteiger partial charge in [-0.1, -0.05) is 24.3 Å². The van der Waals surface area contributed by atoms with E-state index in [9.17, 15) is 0 Å². The number of nitrogens with zero attached hydrogens (tertiary/aromatic N) is 5. The number of aliphatic imine (C=N–C) groups is 1. The van der Waals surface area contributed by atoms with E-state index >= 15 is 0 Å². The molecule has 2 aromatic rings. The molecule has 0 fully saturated rings. The molecule has 1 aliphatic carbocycles. The largest absolute Gasteiger partial charge is 0.233 e. The molecule has 90 valence electrons. The minimum absolute atomic E-state index is 0.0460. The van der Waals surface area contributed by atoms with Gasteiger partial charge in [-0.15, -0.1) is 0 Å². The first-order valence-corrected chi connectivity index (χ1v) is 5.72. The molecule has 0 N–H and O–H groups in total. The van der Waals surface area contributed by atoms with Crippen molar-refractivity contribution in [2.24, 2.45) is 4.99 Å². The minimum Gasteiger partial charge on any atom is -0.233 e. The van der Waals surface area contributed by atoms with Gasteiger partial charge in [0.2, 0.25) is 6.19 Å². The normalized spacial score (nSPS) is 12.9. The number of fused-ring (bicyclic) bond motifs is 3. The summed E-state index contributed by atoms with van der Waals surface area (Å²) in [6, 6.07) is 12.9. The van der Waals surface area contributed by atoms with Crippen LogP contribution in [0.15, 0.2) is 35.3 Å². The highest BCUT2D eigenvalue weighted by molar-refractivity contribution is 6.23. The van der Waals surface area contributed by atoms with Crippen molar-refractivity contribution in [1.82, 2.24) is 4.98 Å². The lowest BCUT2D eigenvalue weighted by Gasteiger charge is -2.01. The lowest BCUT2D eigenvalue weighted by Crippen LogP contribution is -2.03. The number of nitriles is 3. The van der Waals surface area contributed by atoms with E-state index in [1.54, 1.807) is 12.3 Å². The summed E-state index contributed by atoms with van der Waals surface area (Å²) in [6.45, 7) is 0. The van der Waals surface area contributed by atoms with Crippen LogP contribution in [-0.2, 0) is 0 Å².